The predicted molar refractivity (Wildman–Crippen MR) is 137 cm³/mol. The van der Waals surface area contributed by atoms with Crippen molar-refractivity contribution < 1.29 is 30.7 Å². The lowest BCUT2D eigenvalue weighted by Gasteiger charge is -2.09. The first kappa shape index (κ1) is 31.2. The Bertz CT molecular complexity index is 1600. The van der Waals surface area contributed by atoms with Gasteiger partial charge in [-0.1, -0.05) is 38.5 Å². The Hall–Kier alpha value is -4.30. The van der Waals surface area contributed by atoms with Crippen molar-refractivity contribution in [3.05, 3.63) is 80.6 Å². The highest BCUT2D eigenvalue weighted by Crippen LogP contribution is 2.31. The average molecular weight is 587 g/mol. The fourth-order valence-corrected chi connectivity index (χ4v) is 3.95. The molecule has 41 heavy (non-hydrogen) atoms. The molecule has 1 saturated carbocycles. The topological polar surface area (TPSA) is 120 Å². The van der Waals surface area contributed by atoms with Crippen LogP contribution in [0.25, 0.3) is 22.2 Å². The van der Waals surface area contributed by atoms with Crippen molar-refractivity contribution >= 4 is 16.5 Å². The van der Waals surface area contributed by atoms with Gasteiger partial charge in [0, 0.05) is 19.4 Å². The van der Waals surface area contributed by atoms with E-state index in [1.165, 1.54) is 62.4 Å². The molecule has 0 bridgehead atoms. The summed E-state index contributed by atoms with van der Waals surface area (Å²) in [4.78, 5) is 29.6. The van der Waals surface area contributed by atoms with Crippen molar-refractivity contribution in [1.82, 2.24) is 24.7 Å². The van der Waals surface area contributed by atoms with E-state index >= 15 is 0 Å². The summed E-state index contributed by atoms with van der Waals surface area (Å²) in [6.07, 6.45) is 2.75. The second-order valence-corrected chi connectivity index (χ2v) is 9.06. The zero-order chi connectivity index (χ0) is 30.4. The van der Waals surface area contributed by atoms with Gasteiger partial charge in [0.15, 0.2) is 5.82 Å². The molecule has 3 aromatic heterocycles. The van der Waals surface area contributed by atoms with E-state index in [2.05, 4.69) is 15.1 Å². The highest BCUT2D eigenvalue weighted by molar-refractivity contribution is 5.85. The van der Waals surface area contributed by atoms with Crippen molar-refractivity contribution in [2.45, 2.75) is 50.9 Å². The van der Waals surface area contributed by atoms with Crippen LogP contribution in [0, 0.1) is 5.82 Å². The first-order valence-electron chi connectivity index (χ1n) is 12.3. The summed E-state index contributed by atoms with van der Waals surface area (Å²) in [5, 5.41) is 5.26. The molecule has 0 radical (unpaired) electrons. The number of nitrogens with one attached hydrogen (secondary N) is 1. The summed E-state index contributed by atoms with van der Waals surface area (Å²) in [5.41, 5.74) is -0.269. The van der Waals surface area contributed by atoms with Crippen LogP contribution in [0.2, 0.25) is 0 Å². The van der Waals surface area contributed by atoms with Crippen molar-refractivity contribution in [1.29, 1.82) is 0 Å². The largest absolute Gasteiger partial charge is 0.433 e. The quantitative estimate of drug-likeness (QED) is 0.270. The third kappa shape index (κ3) is 8.11. The summed E-state index contributed by atoms with van der Waals surface area (Å²) >= 11 is 0. The number of aryl methyl sites for hydroxylation is 1. The van der Waals surface area contributed by atoms with Gasteiger partial charge in [0.05, 0.1) is 22.8 Å². The number of nitrogen functional groups attached to an aromatic ring is 1. The Morgan fingerprint density at radius 2 is 1.54 bits per heavy atom. The second kappa shape index (κ2) is 12.9. The lowest BCUT2D eigenvalue weighted by Crippen LogP contribution is -2.24. The fourth-order valence-electron chi connectivity index (χ4n) is 3.95. The zero-order valence-electron chi connectivity index (χ0n) is 21.6. The molecule has 0 saturated heterocycles. The van der Waals surface area contributed by atoms with E-state index in [4.69, 9.17) is 5.73 Å². The number of aromatic amines is 1. The fraction of sp³-hybridized carbons (Fsp3) is 0.346. The molecule has 0 spiro atoms. The van der Waals surface area contributed by atoms with E-state index in [0.29, 0.717) is 11.5 Å². The molecule has 0 aliphatic heterocycles. The van der Waals surface area contributed by atoms with Crippen molar-refractivity contribution in [2.24, 2.45) is 7.05 Å². The summed E-state index contributed by atoms with van der Waals surface area (Å²) in [5.74, 6) is -1.25. The van der Waals surface area contributed by atoms with Crippen LogP contribution >= 0.6 is 0 Å². The molecular formula is C26H25F7N6O2. The van der Waals surface area contributed by atoms with Crippen LogP contribution in [-0.4, -0.2) is 24.7 Å². The second-order valence-electron chi connectivity index (χ2n) is 9.06. The number of H-pyrrole nitrogens is 1. The molecule has 0 atom stereocenters. The maximum absolute atomic E-state index is 14.2. The first-order valence-corrected chi connectivity index (χ1v) is 12.3. The summed E-state index contributed by atoms with van der Waals surface area (Å²) < 4.78 is 89.6. The molecule has 1 aromatic carbocycles. The van der Waals surface area contributed by atoms with E-state index < -0.39 is 46.2 Å². The Balaban J connectivity index is 0.000000212. The van der Waals surface area contributed by atoms with Gasteiger partial charge in [-0.05, 0) is 29.7 Å². The number of fused-ring (bicyclic) bond motifs is 1. The van der Waals surface area contributed by atoms with Crippen LogP contribution in [0.5, 0.6) is 0 Å². The van der Waals surface area contributed by atoms with Gasteiger partial charge in [0.2, 0.25) is 0 Å². The zero-order valence-corrected chi connectivity index (χ0v) is 21.6. The highest BCUT2D eigenvalue weighted by Gasteiger charge is 2.36. The van der Waals surface area contributed by atoms with E-state index in [1.54, 1.807) is 11.2 Å². The highest BCUT2D eigenvalue weighted by atomic mass is 19.4. The smallest absolute Gasteiger partial charge is 0.397 e. The number of nitrogens with two attached hydrogens (primary N) is 1. The lowest BCUT2D eigenvalue weighted by atomic mass is 10.0. The molecule has 4 aromatic rings. The predicted octanol–water partition coefficient (Wildman–Crippen LogP) is 5.86. The Morgan fingerprint density at radius 1 is 0.927 bits per heavy atom. The standard InChI is InChI=1S/C15H9F4N3O.C6H12.C5H4F3N3O/c1-22-5-3-8-6-10(11(16)7-9(8)14(22)23)13-20-4-2-12(21-13)15(17,18)19;1-2-4-6-5-3-1;6-5(7,8)3-2(9)1-10-11-4(3)12/h2-7H,1H3;1-6H2;1H,(H3,9,11,12). The number of halogens is 7. The van der Waals surface area contributed by atoms with Crippen LogP contribution in [0.15, 0.2) is 52.4 Å². The van der Waals surface area contributed by atoms with E-state index in [-0.39, 0.29) is 16.8 Å². The van der Waals surface area contributed by atoms with Gasteiger partial charge in [-0.2, -0.15) is 31.4 Å². The normalized spacial score (nSPS) is 13.6. The molecule has 15 heteroatoms. The van der Waals surface area contributed by atoms with Crippen LogP contribution < -0.4 is 16.9 Å². The maximum Gasteiger partial charge on any atom is 0.433 e. The molecule has 3 N–H and O–H groups in total. The number of hydrogen-bond donors (Lipinski definition) is 2. The summed E-state index contributed by atoms with van der Waals surface area (Å²) in [6.45, 7) is 0. The van der Waals surface area contributed by atoms with E-state index in [9.17, 15) is 40.3 Å². The number of aromatic nitrogens is 5. The third-order valence-electron chi connectivity index (χ3n) is 6.02. The molecule has 0 unspecified atom stereocenters. The van der Waals surface area contributed by atoms with Gasteiger partial charge in [-0.3, -0.25) is 9.59 Å². The minimum absolute atomic E-state index is 0.128. The number of benzene rings is 1. The van der Waals surface area contributed by atoms with Crippen molar-refractivity contribution in [3.8, 4) is 11.4 Å². The van der Waals surface area contributed by atoms with Gasteiger partial charge in [0.25, 0.3) is 11.1 Å². The molecule has 1 aliphatic rings. The van der Waals surface area contributed by atoms with Crippen LogP contribution in [0.3, 0.4) is 0 Å². The number of hydrogen-bond acceptors (Lipinski definition) is 6. The summed E-state index contributed by atoms with van der Waals surface area (Å²) in [7, 11) is 1.52. The SMILES string of the molecule is C1CCCCC1.Cn1ccc2cc(-c3nccc(C(F)(F)F)n3)c(F)cc2c1=O.Nc1cn[nH]c(=O)c1C(F)(F)F. The van der Waals surface area contributed by atoms with E-state index in [0.717, 1.165) is 18.5 Å². The third-order valence-corrected chi connectivity index (χ3v) is 6.02. The summed E-state index contributed by atoms with van der Waals surface area (Å²) in [6, 6.07) is 4.52. The molecule has 0 amide bonds. The number of nitrogens with zero attached hydrogens (tertiary/aromatic N) is 4. The molecule has 220 valence electrons. The van der Waals surface area contributed by atoms with Crippen LogP contribution in [-0.2, 0) is 19.4 Å². The van der Waals surface area contributed by atoms with Crippen molar-refractivity contribution in [3.63, 3.8) is 0 Å². The van der Waals surface area contributed by atoms with Crippen LogP contribution in [0.4, 0.5) is 36.4 Å². The molecule has 8 nitrogen and oxygen atoms in total. The Labute approximate surface area is 228 Å². The van der Waals surface area contributed by atoms with Gasteiger partial charge in [-0.15, -0.1) is 0 Å². The molecular weight excluding hydrogens is 561 g/mol. The Kier molecular flexibility index (Phi) is 9.83. The number of alkyl halides is 6. The van der Waals surface area contributed by atoms with Gasteiger partial charge >= 0.3 is 12.4 Å². The lowest BCUT2D eigenvalue weighted by molar-refractivity contribution is -0.141. The van der Waals surface area contributed by atoms with Gasteiger partial charge in [-0.25, -0.2) is 19.5 Å². The number of anilines is 1. The molecule has 3 heterocycles. The number of rotatable bonds is 1. The maximum atomic E-state index is 14.2. The minimum Gasteiger partial charge on any atom is -0.397 e. The number of pyridine rings is 1. The van der Waals surface area contributed by atoms with Gasteiger partial charge in [0.1, 0.15) is 17.1 Å². The first-order chi connectivity index (χ1) is 19.2. The average Bonchev–Trinajstić information content (AvgIpc) is 2.91. The van der Waals surface area contributed by atoms with Crippen molar-refractivity contribution in [2.75, 3.05) is 5.73 Å². The Morgan fingerprint density at radius 3 is 2.05 bits per heavy atom. The van der Waals surface area contributed by atoms with Gasteiger partial charge < -0.3 is 10.3 Å². The molecule has 1 fully saturated rings. The van der Waals surface area contributed by atoms with Crippen LogP contribution in [0.1, 0.15) is 49.8 Å². The minimum atomic E-state index is -4.74. The van der Waals surface area contributed by atoms with E-state index in [1.807, 2.05) is 0 Å². The monoisotopic (exact) mass is 586 g/mol. The molecule has 1 aliphatic carbocycles. The molecule has 5 rings (SSSR count).